The van der Waals surface area contributed by atoms with Gasteiger partial charge < -0.3 is 11.1 Å². The molecule has 1 unspecified atom stereocenters. The van der Waals surface area contributed by atoms with Gasteiger partial charge in [0, 0.05) is 12.2 Å². The fraction of sp³-hybridized carbons (Fsp3) is 0.533. The van der Waals surface area contributed by atoms with Crippen LogP contribution in [0.5, 0.6) is 0 Å². The minimum Gasteiger partial charge on any atom is -0.399 e. The Balaban J connectivity index is 2.59. The molecule has 0 saturated carbocycles. The van der Waals surface area contributed by atoms with Crippen LogP contribution >= 0.6 is 0 Å². The third kappa shape index (κ3) is 4.29. The third-order valence-corrected chi connectivity index (χ3v) is 3.29. The Bertz CT molecular complexity index is 407. The number of benzene rings is 1. The van der Waals surface area contributed by atoms with E-state index in [1.165, 1.54) is 25.7 Å². The number of anilines is 2. The fourth-order valence-corrected chi connectivity index (χ4v) is 2.01. The third-order valence-electron chi connectivity index (χ3n) is 3.29. The average molecular weight is 245 g/mol. The zero-order chi connectivity index (χ0) is 13.4. The number of nitrogen functional groups attached to an aromatic ring is 1. The van der Waals surface area contributed by atoms with Crippen LogP contribution in [0.4, 0.5) is 11.4 Å². The van der Waals surface area contributed by atoms with E-state index in [4.69, 9.17) is 11.0 Å². The van der Waals surface area contributed by atoms with Crippen molar-refractivity contribution in [3.8, 4) is 6.07 Å². The zero-order valence-electron chi connectivity index (χ0n) is 11.4. The maximum atomic E-state index is 9.06. The van der Waals surface area contributed by atoms with Crippen LogP contribution in [0.3, 0.4) is 0 Å². The van der Waals surface area contributed by atoms with Gasteiger partial charge in [-0.25, -0.2) is 0 Å². The standard InChI is InChI=1S/C15H23N3/c1-3-5-6-12(4-2)11-18-15-8-7-14(17)9-13(15)10-16/h7-9,12,18H,3-6,11,17H2,1-2H3. The van der Waals surface area contributed by atoms with Gasteiger partial charge in [-0.2, -0.15) is 5.26 Å². The molecule has 0 spiro atoms. The molecule has 0 amide bonds. The van der Waals surface area contributed by atoms with Crippen molar-refractivity contribution in [2.75, 3.05) is 17.6 Å². The lowest BCUT2D eigenvalue weighted by Crippen LogP contribution is -2.14. The summed E-state index contributed by atoms with van der Waals surface area (Å²) in [6.45, 7) is 5.36. The molecule has 3 heteroatoms. The molecule has 0 radical (unpaired) electrons. The smallest absolute Gasteiger partial charge is 0.101 e. The Morgan fingerprint density at radius 1 is 1.39 bits per heavy atom. The monoisotopic (exact) mass is 245 g/mol. The summed E-state index contributed by atoms with van der Waals surface area (Å²) < 4.78 is 0. The summed E-state index contributed by atoms with van der Waals surface area (Å²) in [5, 5.41) is 12.4. The number of hydrogen-bond donors (Lipinski definition) is 2. The highest BCUT2D eigenvalue weighted by Crippen LogP contribution is 2.20. The fourth-order valence-electron chi connectivity index (χ4n) is 2.01. The van der Waals surface area contributed by atoms with Gasteiger partial charge in [0.25, 0.3) is 0 Å². The van der Waals surface area contributed by atoms with Crippen LogP contribution in [0.2, 0.25) is 0 Å². The second-order valence-corrected chi connectivity index (χ2v) is 4.71. The van der Waals surface area contributed by atoms with Crippen LogP contribution in [0.15, 0.2) is 18.2 Å². The molecule has 0 heterocycles. The normalized spacial score (nSPS) is 11.8. The summed E-state index contributed by atoms with van der Waals surface area (Å²) in [6, 6.07) is 7.62. The summed E-state index contributed by atoms with van der Waals surface area (Å²) in [6.07, 6.45) is 4.93. The maximum absolute atomic E-state index is 9.06. The molecule has 0 aliphatic carbocycles. The lowest BCUT2D eigenvalue weighted by atomic mass is 9.99. The minimum absolute atomic E-state index is 0.625. The highest BCUT2D eigenvalue weighted by atomic mass is 14.9. The number of nitrogens with two attached hydrogens (primary N) is 1. The highest BCUT2D eigenvalue weighted by Gasteiger charge is 2.07. The number of unbranched alkanes of at least 4 members (excludes halogenated alkanes) is 1. The van der Waals surface area contributed by atoms with E-state index in [-0.39, 0.29) is 0 Å². The summed E-state index contributed by atoms with van der Waals surface area (Å²) >= 11 is 0. The van der Waals surface area contributed by atoms with Crippen LogP contribution in [0.25, 0.3) is 0 Å². The van der Waals surface area contributed by atoms with Crippen LogP contribution < -0.4 is 11.1 Å². The molecule has 18 heavy (non-hydrogen) atoms. The lowest BCUT2D eigenvalue weighted by molar-refractivity contribution is 0.473. The molecule has 0 aromatic heterocycles. The van der Waals surface area contributed by atoms with Crippen molar-refractivity contribution in [3.63, 3.8) is 0 Å². The van der Waals surface area contributed by atoms with E-state index in [2.05, 4.69) is 25.2 Å². The molecule has 1 aromatic rings. The number of hydrogen-bond acceptors (Lipinski definition) is 3. The predicted octanol–water partition coefficient (Wildman–Crippen LogP) is 3.77. The van der Waals surface area contributed by atoms with Gasteiger partial charge >= 0.3 is 0 Å². The first-order chi connectivity index (χ1) is 8.71. The summed E-state index contributed by atoms with van der Waals surface area (Å²) in [7, 11) is 0. The molecule has 3 nitrogen and oxygen atoms in total. The van der Waals surface area contributed by atoms with Gasteiger partial charge in [0.2, 0.25) is 0 Å². The SMILES string of the molecule is CCCCC(CC)CNc1ccc(N)cc1C#N. The van der Waals surface area contributed by atoms with E-state index >= 15 is 0 Å². The van der Waals surface area contributed by atoms with Crippen molar-refractivity contribution in [3.05, 3.63) is 23.8 Å². The van der Waals surface area contributed by atoms with Crippen LogP contribution in [0.1, 0.15) is 45.1 Å². The lowest BCUT2D eigenvalue weighted by Gasteiger charge is -2.17. The van der Waals surface area contributed by atoms with E-state index in [0.717, 1.165) is 12.2 Å². The Morgan fingerprint density at radius 3 is 2.78 bits per heavy atom. The molecular formula is C15H23N3. The van der Waals surface area contributed by atoms with Crippen molar-refractivity contribution in [1.82, 2.24) is 0 Å². The summed E-state index contributed by atoms with van der Waals surface area (Å²) in [4.78, 5) is 0. The molecule has 1 aromatic carbocycles. The van der Waals surface area contributed by atoms with Gasteiger partial charge in [0.15, 0.2) is 0 Å². The largest absolute Gasteiger partial charge is 0.399 e. The van der Waals surface area contributed by atoms with Crippen molar-refractivity contribution in [1.29, 1.82) is 5.26 Å². The number of nitrogens with one attached hydrogen (secondary N) is 1. The van der Waals surface area contributed by atoms with E-state index in [1.54, 1.807) is 6.07 Å². The van der Waals surface area contributed by atoms with Gasteiger partial charge in [0.1, 0.15) is 6.07 Å². The first-order valence-corrected chi connectivity index (χ1v) is 6.74. The summed E-state index contributed by atoms with van der Waals surface area (Å²) in [5.74, 6) is 0.675. The number of nitrogens with zero attached hydrogens (tertiary/aromatic N) is 1. The molecule has 0 fully saturated rings. The molecule has 3 N–H and O–H groups in total. The molecule has 1 rings (SSSR count). The minimum atomic E-state index is 0.625. The topological polar surface area (TPSA) is 61.8 Å². The molecule has 1 atom stereocenters. The predicted molar refractivity (Wildman–Crippen MR) is 77.4 cm³/mol. The quantitative estimate of drug-likeness (QED) is 0.719. The van der Waals surface area contributed by atoms with E-state index in [0.29, 0.717) is 17.2 Å². The van der Waals surface area contributed by atoms with Crippen molar-refractivity contribution in [2.45, 2.75) is 39.5 Å². The van der Waals surface area contributed by atoms with Gasteiger partial charge in [-0.15, -0.1) is 0 Å². The van der Waals surface area contributed by atoms with Crippen molar-refractivity contribution < 1.29 is 0 Å². The van der Waals surface area contributed by atoms with Gasteiger partial charge in [-0.05, 0) is 30.5 Å². The van der Waals surface area contributed by atoms with E-state index in [1.807, 2.05) is 12.1 Å². The van der Waals surface area contributed by atoms with Crippen LogP contribution in [-0.2, 0) is 0 Å². The zero-order valence-corrected chi connectivity index (χ0v) is 11.4. The number of rotatable bonds is 7. The summed E-state index contributed by atoms with van der Waals surface area (Å²) in [5.41, 5.74) is 7.82. The maximum Gasteiger partial charge on any atom is 0.101 e. The highest BCUT2D eigenvalue weighted by molar-refractivity contribution is 5.62. The Morgan fingerprint density at radius 2 is 2.17 bits per heavy atom. The Labute approximate surface area is 110 Å². The van der Waals surface area contributed by atoms with Gasteiger partial charge in [-0.3, -0.25) is 0 Å². The second-order valence-electron chi connectivity index (χ2n) is 4.71. The average Bonchev–Trinajstić information content (AvgIpc) is 2.40. The van der Waals surface area contributed by atoms with Crippen LogP contribution in [-0.4, -0.2) is 6.54 Å². The van der Waals surface area contributed by atoms with E-state index in [9.17, 15) is 0 Å². The van der Waals surface area contributed by atoms with Gasteiger partial charge in [0.05, 0.1) is 11.3 Å². The second kappa shape index (κ2) is 7.60. The Kier molecular flexibility index (Phi) is 6.07. The first-order valence-electron chi connectivity index (χ1n) is 6.74. The van der Waals surface area contributed by atoms with Gasteiger partial charge in [-0.1, -0.05) is 33.1 Å². The molecule has 0 aliphatic rings. The van der Waals surface area contributed by atoms with Crippen molar-refractivity contribution >= 4 is 11.4 Å². The van der Waals surface area contributed by atoms with Crippen molar-refractivity contribution in [2.24, 2.45) is 5.92 Å². The van der Waals surface area contributed by atoms with Crippen LogP contribution in [0, 0.1) is 17.2 Å². The Hall–Kier alpha value is -1.69. The molecule has 0 saturated heterocycles. The number of nitriles is 1. The molecule has 98 valence electrons. The van der Waals surface area contributed by atoms with E-state index < -0.39 is 0 Å². The molecule has 0 aliphatic heterocycles. The molecular weight excluding hydrogens is 222 g/mol. The molecule has 0 bridgehead atoms. The first kappa shape index (κ1) is 14.4.